The molecule has 14 heavy (non-hydrogen) atoms. The standard InChI is InChI=1S/C10H12F3N/c1-5(2)10(14)8-6(11)3-4-7(12)9(8)13/h3-5,10H,14H2,1-2H3. The lowest BCUT2D eigenvalue weighted by Crippen LogP contribution is -2.20. The number of hydrogen-bond donors (Lipinski definition) is 1. The highest BCUT2D eigenvalue weighted by Gasteiger charge is 2.21. The molecule has 0 aliphatic carbocycles. The molecular formula is C10H12F3N. The van der Waals surface area contributed by atoms with Gasteiger partial charge in [-0.3, -0.25) is 0 Å². The van der Waals surface area contributed by atoms with E-state index < -0.39 is 23.5 Å². The minimum absolute atomic E-state index is 0.152. The van der Waals surface area contributed by atoms with Crippen LogP contribution in [-0.4, -0.2) is 0 Å². The summed E-state index contributed by atoms with van der Waals surface area (Å²) in [6.07, 6.45) is 0. The van der Waals surface area contributed by atoms with Gasteiger partial charge in [-0.05, 0) is 18.1 Å². The van der Waals surface area contributed by atoms with Gasteiger partial charge in [0.25, 0.3) is 0 Å². The van der Waals surface area contributed by atoms with Crippen LogP contribution in [0.1, 0.15) is 25.5 Å². The summed E-state index contributed by atoms with van der Waals surface area (Å²) in [4.78, 5) is 0. The molecule has 0 bridgehead atoms. The molecule has 1 nitrogen and oxygen atoms in total. The van der Waals surface area contributed by atoms with Gasteiger partial charge in [0, 0.05) is 11.6 Å². The topological polar surface area (TPSA) is 26.0 Å². The molecule has 1 aromatic carbocycles. The molecule has 0 radical (unpaired) electrons. The van der Waals surface area contributed by atoms with E-state index in [1.54, 1.807) is 13.8 Å². The molecular weight excluding hydrogens is 191 g/mol. The summed E-state index contributed by atoms with van der Waals surface area (Å²) in [6, 6.07) is 0.808. The van der Waals surface area contributed by atoms with Crippen molar-refractivity contribution in [2.24, 2.45) is 11.7 Å². The Bertz CT molecular complexity index is 336. The lowest BCUT2D eigenvalue weighted by molar-refractivity contribution is 0.427. The summed E-state index contributed by atoms with van der Waals surface area (Å²) in [7, 11) is 0. The van der Waals surface area contributed by atoms with Crippen LogP contribution in [0.2, 0.25) is 0 Å². The van der Waals surface area contributed by atoms with Crippen LogP contribution in [0.5, 0.6) is 0 Å². The van der Waals surface area contributed by atoms with Crippen molar-refractivity contribution in [3.63, 3.8) is 0 Å². The van der Waals surface area contributed by atoms with E-state index in [1.165, 1.54) is 0 Å². The highest BCUT2D eigenvalue weighted by atomic mass is 19.2. The first-order chi connectivity index (χ1) is 6.45. The maximum absolute atomic E-state index is 13.2. The van der Waals surface area contributed by atoms with Crippen molar-refractivity contribution in [2.75, 3.05) is 0 Å². The predicted molar refractivity (Wildman–Crippen MR) is 48.1 cm³/mol. The molecule has 0 saturated carbocycles. The van der Waals surface area contributed by atoms with E-state index >= 15 is 0 Å². The smallest absolute Gasteiger partial charge is 0.166 e. The molecule has 0 aliphatic rings. The van der Waals surface area contributed by atoms with Crippen LogP contribution in [0, 0.1) is 23.4 Å². The third-order valence-electron chi connectivity index (χ3n) is 2.13. The molecule has 0 aromatic heterocycles. The molecule has 1 atom stereocenters. The zero-order valence-corrected chi connectivity index (χ0v) is 8.02. The van der Waals surface area contributed by atoms with Crippen molar-refractivity contribution in [1.82, 2.24) is 0 Å². The Balaban J connectivity index is 3.25. The summed E-state index contributed by atoms with van der Waals surface area (Å²) in [5.41, 5.74) is 5.19. The van der Waals surface area contributed by atoms with Gasteiger partial charge in [0.15, 0.2) is 11.6 Å². The third kappa shape index (κ3) is 1.90. The van der Waals surface area contributed by atoms with Crippen LogP contribution in [0.4, 0.5) is 13.2 Å². The molecule has 2 N–H and O–H groups in total. The first-order valence-electron chi connectivity index (χ1n) is 4.34. The summed E-state index contributed by atoms with van der Waals surface area (Å²) in [5.74, 6) is -3.21. The lowest BCUT2D eigenvalue weighted by atomic mass is 9.96. The van der Waals surface area contributed by atoms with Crippen LogP contribution in [0.3, 0.4) is 0 Å². The predicted octanol–water partition coefficient (Wildman–Crippen LogP) is 2.76. The fourth-order valence-corrected chi connectivity index (χ4v) is 1.18. The number of nitrogens with two attached hydrogens (primary N) is 1. The van der Waals surface area contributed by atoms with Crippen LogP contribution in [0.25, 0.3) is 0 Å². The number of hydrogen-bond acceptors (Lipinski definition) is 1. The molecule has 0 heterocycles. The highest BCUT2D eigenvalue weighted by Crippen LogP contribution is 2.25. The normalized spacial score (nSPS) is 13.4. The van der Waals surface area contributed by atoms with Gasteiger partial charge in [-0.15, -0.1) is 0 Å². The Labute approximate surface area is 80.7 Å². The highest BCUT2D eigenvalue weighted by molar-refractivity contribution is 5.24. The number of rotatable bonds is 2. The summed E-state index contributed by atoms with van der Waals surface area (Å²) >= 11 is 0. The van der Waals surface area contributed by atoms with E-state index in [-0.39, 0.29) is 11.5 Å². The zero-order valence-electron chi connectivity index (χ0n) is 8.02. The van der Waals surface area contributed by atoms with Crippen molar-refractivity contribution >= 4 is 0 Å². The maximum atomic E-state index is 13.2. The average Bonchev–Trinajstić information content (AvgIpc) is 2.12. The van der Waals surface area contributed by atoms with Gasteiger partial charge >= 0.3 is 0 Å². The van der Waals surface area contributed by atoms with Crippen LogP contribution in [0.15, 0.2) is 12.1 Å². The molecule has 78 valence electrons. The molecule has 4 heteroatoms. The van der Waals surface area contributed by atoms with Crippen molar-refractivity contribution in [3.05, 3.63) is 35.1 Å². The van der Waals surface area contributed by atoms with E-state index in [0.29, 0.717) is 0 Å². The van der Waals surface area contributed by atoms with E-state index in [9.17, 15) is 13.2 Å². The van der Waals surface area contributed by atoms with Crippen LogP contribution >= 0.6 is 0 Å². The number of halogens is 3. The lowest BCUT2D eigenvalue weighted by Gasteiger charge is -2.17. The fraction of sp³-hybridized carbons (Fsp3) is 0.400. The minimum atomic E-state index is -1.19. The second-order valence-electron chi connectivity index (χ2n) is 3.53. The molecule has 1 aromatic rings. The van der Waals surface area contributed by atoms with Gasteiger partial charge in [-0.1, -0.05) is 13.8 Å². The first-order valence-corrected chi connectivity index (χ1v) is 4.34. The van der Waals surface area contributed by atoms with Crippen LogP contribution in [-0.2, 0) is 0 Å². The van der Waals surface area contributed by atoms with Gasteiger partial charge in [-0.2, -0.15) is 0 Å². The second-order valence-corrected chi connectivity index (χ2v) is 3.53. The summed E-state index contributed by atoms with van der Waals surface area (Å²) in [6.45, 7) is 3.43. The molecule has 0 saturated heterocycles. The van der Waals surface area contributed by atoms with Crippen LogP contribution < -0.4 is 5.73 Å². The Hall–Kier alpha value is -1.03. The monoisotopic (exact) mass is 203 g/mol. The Morgan fingerprint density at radius 1 is 1.07 bits per heavy atom. The maximum Gasteiger partial charge on any atom is 0.166 e. The zero-order chi connectivity index (χ0) is 10.9. The summed E-state index contributed by atoms with van der Waals surface area (Å²) in [5, 5.41) is 0. The van der Waals surface area contributed by atoms with Crippen molar-refractivity contribution in [3.8, 4) is 0 Å². The third-order valence-corrected chi connectivity index (χ3v) is 2.13. The Morgan fingerprint density at radius 3 is 2.07 bits per heavy atom. The SMILES string of the molecule is CC(C)C(N)c1c(F)ccc(F)c1F. The van der Waals surface area contributed by atoms with Gasteiger partial charge in [0.1, 0.15) is 5.82 Å². The van der Waals surface area contributed by atoms with E-state index in [0.717, 1.165) is 12.1 Å². The molecule has 0 spiro atoms. The average molecular weight is 203 g/mol. The van der Waals surface area contributed by atoms with E-state index in [2.05, 4.69) is 0 Å². The van der Waals surface area contributed by atoms with Crippen molar-refractivity contribution in [2.45, 2.75) is 19.9 Å². The van der Waals surface area contributed by atoms with Gasteiger partial charge in [0.2, 0.25) is 0 Å². The summed E-state index contributed by atoms with van der Waals surface area (Å²) < 4.78 is 39.1. The number of benzene rings is 1. The molecule has 0 fully saturated rings. The Kier molecular flexibility index (Phi) is 3.16. The fourth-order valence-electron chi connectivity index (χ4n) is 1.18. The molecule has 0 amide bonds. The van der Waals surface area contributed by atoms with E-state index in [4.69, 9.17) is 5.73 Å². The van der Waals surface area contributed by atoms with E-state index in [1.807, 2.05) is 0 Å². The quantitative estimate of drug-likeness (QED) is 0.735. The van der Waals surface area contributed by atoms with Crippen molar-refractivity contribution < 1.29 is 13.2 Å². The van der Waals surface area contributed by atoms with Gasteiger partial charge in [0.05, 0.1) is 0 Å². The minimum Gasteiger partial charge on any atom is -0.324 e. The second kappa shape index (κ2) is 4.00. The van der Waals surface area contributed by atoms with Gasteiger partial charge < -0.3 is 5.73 Å². The molecule has 0 aliphatic heterocycles. The molecule has 1 unspecified atom stereocenters. The molecule has 1 rings (SSSR count). The van der Waals surface area contributed by atoms with Crippen molar-refractivity contribution in [1.29, 1.82) is 0 Å². The first kappa shape index (κ1) is 11.0. The largest absolute Gasteiger partial charge is 0.324 e. The van der Waals surface area contributed by atoms with Gasteiger partial charge in [-0.25, -0.2) is 13.2 Å². The Morgan fingerprint density at radius 2 is 1.57 bits per heavy atom.